The van der Waals surface area contributed by atoms with Gasteiger partial charge in [0, 0.05) is 30.1 Å². The van der Waals surface area contributed by atoms with Crippen molar-refractivity contribution < 1.29 is 9.53 Å². The number of fused-ring (bicyclic) bond motifs is 1. The predicted molar refractivity (Wildman–Crippen MR) is 120 cm³/mol. The smallest absolute Gasteiger partial charge is 0.231 e. The van der Waals surface area contributed by atoms with Crippen molar-refractivity contribution >= 4 is 22.4 Å². The van der Waals surface area contributed by atoms with Crippen molar-refractivity contribution in [2.75, 3.05) is 5.32 Å². The summed E-state index contributed by atoms with van der Waals surface area (Å²) in [6.07, 6.45) is 15.1. The molecule has 0 radical (unpaired) electrons. The zero-order valence-corrected chi connectivity index (χ0v) is 17.6. The molecule has 2 aromatic heterocycles. The van der Waals surface area contributed by atoms with Crippen LogP contribution in [-0.2, 0) is 4.79 Å². The van der Waals surface area contributed by atoms with Crippen LogP contribution in [0.3, 0.4) is 0 Å². The average Bonchev–Trinajstić information content (AvgIpc) is 3.52. The zero-order valence-electron chi connectivity index (χ0n) is 17.6. The Balaban J connectivity index is 1.43. The monoisotopic (exact) mass is 412 g/mol. The SMILES string of the molecule is Cc1ncc(O[C@@]2(C3C=CC=CC3)C[C@H]2C(=O)Nc2cccc3ccncc23)c(C)n1. The van der Waals surface area contributed by atoms with Gasteiger partial charge in [-0.2, -0.15) is 0 Å². The Morgan fingerprint density at radius 3 is 2.90 bits per heavy atom. The minimum absolute atomic E-state index is 0.0370. The molecule has 1 amide bonds. The molecule has 0 spiro atoms. The molecule has 2 aliphatic carbocycles. The molecule has 0 aliphatic heterocycles. The third-order valence-corrected chi connectivity index (χ3v) is 6.17. The van der Waals surface area contributed by atoms with E-state index in [2.05, 4.69) is 32.4 Å². The Labute approximate surface area is 181 Å². The Bertz CT molecular complexity index is 1210. The first-order valence-electron chi connectivity index (χ1n) is 10.5. The Morgan fingerprint density at radius 2 is 2.10 bits per heavy atom. The molecule has 0 saturated heterocycles. The maximum absolute atomic E-state index is 13.3. The van der Waals surface area contributed by atoms with Crippen molar-refractivity contribution in [3.8, 4) is 5.75 Å². The number of anilines is 1. The third kappa shape index (κ3) is 3.58. The second kappa shape index (κ2) is 7.61. The molecule has 6 heteroatoms. The highest BCUT2D eigenvalue weighted by atomic mass is 16.5. The van der Waals surface area contributed by atoms with Gasteiger partial charge in [0.25, 0.3) is 0 Å². The summed E-state index contributed by atoms with van der Waals surface area (Å²) >= 11 is 0. The minimum Gasteiger partial charge on any atom is -0.482 e. The number of ether oxygens (including phenoxy) is 1. The molecule has 6 nitrogen and oxygen atoms in total. The van der Waals surface area contributed by atoms with Crippen LogP contribution in [0.4, 0.5) is 5.69 Å². The fourth-order valence-electron chi connectivity index (χ4n) is 4.44. The predicted octanol–water partition coefficient (Wildman–Crippen LogP) is 4.55. The summed E-state index contributed by atoms with van der Waals surface area (Å²) in [4.78, 5) is 26.3. The van der Waals surface area contributed by atoms with E-state index in [1.165, 1.54) is 0 Å². The number of aromatic nitrogens is 3. The van der Waals surface area contributed by atoms with E-state index in [1.807, 2.05) is 50.3 Å². The van der Waals surface area contributed by atoms with Crippen LogP contribution in [0.2, 0.25) is 0 Å². The van der Waals surface area contributed by atoms with E-state index < -0.39 is 5.60 Å². The molecular weight excluding hydrogens is 388 g/mol. The van der Waals surface area contributed by atoms with Gasteiger partial charge in [-0.1, -0.05) is 36.4 Å². The lowest BCUT2D eigenvalue weighted by atomic mass is 9.90. The Kier molecular flexibility index (Phi) is 4.77. The van der Waals surface area contributed by atoms with E-state index in [-0.39, 0.29) is 17.7 Å². The Morgan fingerprint density at radius 1 is 1.19 bits per heavy atom. The molecule has 3 aromatic rings. The number of nitrogens with one attached hydrogen (secondary N) is 1. The number of pyridine rings is 1. The maximum Gasteiger partial charge on any atom is 0.231 e. The molecule has 31 heavy (non-hydrogen) atoms. The number of carbonyl (C=O) groups excluding carboxylic acids is 1. The van der Waals surface area contributed by atoms with Gasteiger partial charge in [0.1, 0.15) is 11.4 Å². The number of aryl methyl sites for hydroxylation is 2. The highest BCUT2D eigenvalue weighted by Crippen LogP contribution is 2.55. The van der Waals surface area contributed by atoms with Crippen LogP contribution in [-0.4, -0.2) is 26.5 Å². The molecule has 1 saturated carbocycles. The number of rotatable bonds is 5. The van der Waals surface area contributed by atoms with Crippen LogP contribution in [0, 0.1) is 25.7 Å². The summed E-state index contributed by atoms with van der Waals surface area (Å²) in [5.41, 5.74) is 0.955. The van der Waals surface area contributed by atoms with Crippen LogP contribution in [0.25, 0.3) is 10.8 Å². The lowest BCUT2D eigenvalue weighted by Gasteiger charge is -2.28. The molecule has 1 aromatic carbocycles. The highest BCUT2D eigenvalue weighted by Gasteiger charge is 2.64. The molecule has 5 rings (SSSR count). The van der Waals surface area contributed by atoms with Gasteiger partial charge in [-0.05, 0) is 37.8 Å². The summed E-state index contributed by atoms with van der Waals surface area (Å²) in [5.74, 6) is 1.15. The van der Waals surface area contributed by atoms with Crippen LogP contribution in [0.1, 0.15) is 24.4 Å². The van der Waals surface area contributed by atoms with E-state index in [1.54, 1.807) is 18.6 Å². The summed E-state index contributed by atoms with van der Waals surface area (Å²) in [5, 5.41) is 5.08. The fraction of sp³-hybridized carbons (Fsp3) is 0.280. The second-order valence-corrected chi connectivity index (χ2v) is 8.23. The standard InChI is InChI=1S/C25H24N4O2/c1-16-23(15-27-17(2)28-16)31-25(19-8-4-3-5-9-19)13-21(25)24(30)29-22-10-6-7-18-11-12-26-14-20(18)22/h3-8,10-12,14-15,19,21H,9,13H2,1-2H3,(H,29,30)/t19?,21-,25+/m0/s1. The largest absolute Gasteiger partial charge is 0.482 e. The van der Waals surface area contributed by atoms with E-state index in [9.17, 15) is 4.79 Å². The van der Waals surface area contributed by atoms with Crippen LogP contribution in [0.15, 0.2) is 67.2 Å². The first kappa shape index (κ1) is 19.4. The van der Waals surface area contributed by atoms with Crippen molar-refractivity contribution in [3.63, 3.8) is 0 Å². The molecule has 1 fully saturated rings. The molecule has 1 N–H and O–H groups in total. The first-order valence-corrected chi connectivity index (χ1v) is 10.5. The van der Waals surface area contributed by atoms with Crippen molar-refractivity contribution in [2.24, 2.45) is 11.8 Å². The molecule has 0 bridgehead atoms. The molecule has 2 aliphatic rings. The molecular formula is C25H24N4O2. The number of carbonyl (C=O) groups is 1. The first-order chi connectivity index (χ1) is 15.1. The lowest BCUT2D eigenvalue weighted by molar-refractivity contribution is -0.119. The number of amides is 1. The molecule has 2 heterocycles. The van der Waals surface area contributed by atoms with Gasteiger partial charge in [0.05, 0.1) is 23.5 Å². The van der Waals surface area contributed by atoms with E-state index in [4.69, 9.17) is 4.74 Å². The number of allylic oxidation sites excluding steroid dienone is 3. The number of hydrogen-bond donors (Lipinski definition) is 1. The van der Waals surface area contributed by atoms with Gasteiger partial charge in [0.2, 0.25) is 5.91 Å². The lowest BCUT2D eigenvalue weighted by Crippen LogP contribution is -2.35. The zero-order chi connectivity index (χ0) is 21.4. The van der Waals surface area contributed by atoms with E-state index >= 15 is 0 Å². The van der Waals surface area contributed by atoms with Crippen molar-refractivity contribution in [1.29, 1.82) is 0 Å². The summed E-state index contributed by atoms with van der Waals surface area (Å²) < 4.78 is 6.51. The van der Waals surface area contributed by atoms with Crippen molar-refractivity contribution in [1.82, 2.24) is 15.0 Å². The topological polar surface area (TPSA) is 77.0 Å². The molecule has 156 valence electrons. The normalized spacial score (nSPS) is 24.2. The van der Waals surface area contributed by atoms with Gasteiger partial charge in [-0.25, -0.2) is 9.97 Å². The summed E-state index contributed by atoms with van der Waals surface area (Å²) in [7, 11) is 0. The summed E-state index contributed by atoms with van der Waals surface area (Å²) in [6, 6.07) is 7.80. The van der Waals surface area contributed by atoms with Crippen LogP contribution < -0.4 is 10.1 Å². The quantitative estimate of drug-likeness (QED) is 0.665. The van der Waals surface area contributed by atoms with Gasteiger partial charge in [0.15, 0.2) is 5.75 Å². The van der Waals surface area contributed by atoms with Gasteiger partial charge in [-0.15, -0.1) is 0 Å². The minimum atomic E-state index is -0.600. The number of nitrogens with zero attached hydrogens (tertiary/aromatic N) is 3. The van der Waals surface area contributed by atoms with Crippen LogP contribution >= 0.6 is 0 Å². The van der Waals surface area contributed by atoms with Crippen LogP contribution in [0.5, 0.6) is 5.75 Å². The maximum atomic E-state index is 13.3. The highest BCUT2D eigenvalue weighted by molar-refractivity contribution is 6.03. The van der Waals surface area contributed by atoms with E-state index in [0.717, 1.165) is 28.6 Å². The van der Waals surface area contributed by atoms with Gasteiger partial charge >= 0.3 is 0 Å². The number of benzene rings is 1. The van der Waals surface area contributed by atoms with Gasteiger partial charge < -0.3 is 10.1 Å². The van der Waals surface area contributed by atoms with Crippen molar-refractivity contribution in [2.45, 2.75) is 32.3 Å². The Hall–Kier alpha value is -3.54. The van der Waals surface area contributed by atoms with Gasteiger partial charge in [-0.3, -0.25) is 9.78 Å². The van der Waals surface area contributed by atoms with E-state index in [0.29, 0.717) is 18.0 Å². The average molecular weight is 412 g/mol. The number of hydrogen-bond acceptors (Lipinski definition) is 5. The second-order valence-electron chi connectivity index (χ2n) is 8.23. The third-order valence-electron chi connectivity index (χ3n) is 6.17. The van der Waals surface area contributed by atoms with Crippen molar-refractivity contribution in [3.05, 3.63) is 78.7 Å². The fourth-order valence-corrected chi connectivity index (χ4v) is 4.44. The molecule has 3 atom stereocenters. The molecule has 1 unspecified atom stereocenters. The summed E-state index contributed by atoms with van der Waals surface area (Å²) in [6.45, 7) is 3.77.